The SMILES string of the molecule is O=C(NCCSc1ccccc1)[C@H]1CC(=O)N(CC(F)(F)F)C1. The molecule has 23 heavy (non-hydrogen) atoms. The van der Waals surface area contributed by atoms with Crippen molar-refractivity contribution in [2.75, 3.05) is 25.4 Å². The average molecular weight is 346 g/mol. The summed E-state index contributed by atoms with van der Waals surface area (Å²) in [5, 5.41) is 2.68. The normalized spacial score (nSPS) is 18.3. The zero-order valence-electron chi connectivity index (χ0n) is 12.3. The fourth-order valence-electron chi connectivity index (χ4n) is 2.32. The maximum atomic E-state index is 12.3. The van der Waals surface area contributed by atoms with Crippen molar-refractivity contribution < 1.29 is 22.8 Å². The first-order valence-electron chi connectivity index (χ1n) is 7.15. The zero-order valence-corrected chi connectivity index (χ0v) is 13.1. The van der Waals surface area contributed by atoms with E-state index in [0.717, 1.165) is 4.90 Å². The summed E-state index contributed by atoms with van der Waals surface area (Å²) in [5.74, 6) is -1.03. The molecule has 0 aromatic heterocycles. The van der Waals surface area contributed by atoms with Crippen LogP contribution in [0, 0.1) is 5.92 Å². The molecule has 1 saturated heterocycles. The molecule has 1 atom stereocenters. The molecule has 1 N–H and O–H groups in total. The van der Waals surface area contributed by atoms with E-state index in [-0.39, 0.29) is 18.9 Å². The minimum atomic E-state index is -4.44. The van der Waals surface area contributed by atoms with E-state index in [1.807, 2.05) is 30.3 Å². The molecule has 1 aromatic rings. The molecule has 2 amide bonds. The van der Waals surface area contributed by atoms with Gasteiger partial charge < -0.3 is 10.2 Å². The van der Waals surface area contributed by atoms with Gasteiger partial charge in [0.2, 0.25) is 11.8 Å². The topological polar surface area (TPSA) is 49.4 Å². The number of halogens is 3. The Bertz CT molecular complexity index is 551. The number of likely N-dealkylation sites (tertiary alicyclic amines) is 1. The predicted molar refractivity (Wildman–Crippen MR) is 80.9 cm³/mol. The van der Waals surface area contributed by atoms with Gasteiger partial charge in [-0.25, -0.2) is 0 Å². The molecule has 0 radical (unpaired) electrons. The van der Waals surface area contributed by atoms with Crippen molar-refractivity contribution in [2.24, 2.45) is 5.92 Å². The summed E-state index contributed by atoms with van der Waals surface area (Å²) in [6.07, 6.45) is -4.60. The molecule has 8 heteroatoms. The number of thioether (sulfide) groups is 1. The van der Waals surface area contributed by atoms with E-state index in [2.05, 4.69) is 5.32 Å². The molecule has 1 heterocycles. The number of nitrogens with zero attached hydrogens (tertiary/aromatic N) is 1. The lowest BCUT2D eigenvalue weighted by atomic mass is 10.1. The van der Waals surface area contributed by atoms with Gasteiger partial charge in [-0.3, -0.25) is 9.59 Å². The van der Waals surface area contributed by atoms with Gasteiger partial charge in [0.05, 0.1) is 5.92 Å². The van der Waals surface area contributed by atoms with Crippen LogP contribution in [0.2, 0.25) is 0 Å². The summed E-state index contributed by atoms with van der Waals surface area (Å²) in [4.78, 5) is 25.2. The van der Waals surface area contributed by atoms with Crippen LogP contribution in [0.3, 0.4) is 0 Å². The van der Waals surface area contributed by atoms with Gasteiger partial charge in [-0.05, 0) is 12.1 Å². The van der Waals surface area contributed by atoms with E-state index in [0.29, 0.717) is 17.2 Å². The molecule has 0 spiro atoms. The highest BCUT2D eigenvalue weighted by atomic mass is 32.2. The third-order valence-corrected chi connectivity index (χ3v) is 4.38. The van der Waals surface area contributed by atoms with E-state index < -0.39 is 24.5 Å². The van der Waals surface area contributed by atoms with Crippen LogP contribution < -0.4 is 5.32 Å². The summed E-state index contributed by atoms with van der Waals surface area (Å²) in [6.45, 7) is -1.06. The molecule has 126 valence electrons. The van der Waals surface area contributed by atoms with E-state index >= 15 is 0 Å². The van der Waals surface area contributed by atoms with Gasteiger partial charge in [0.25, 0.3) is 0 Å². The molecule has 1 aliphatic rings. The second-order valence-corrected chi connectivity index (χ2v) is 6.41. The van der Waals surface area contributed by atoms with Gasteiger partial charge >= 0.3 is 6.18 Å². The molecular formula is C15H17F3N2O2S. The lowest BCUT2D eigenvalue weighted by Gasteiger charge is -2.18. The molecule has 1 aliphatic heterocycles. The summed E-state index contributed by atoms with van der Waals surface area (Å²) in [6, 6.07) is 9.66. The number of alkyl halides is 3. The van der Waals surface area contributed by atoms with Crippen molar-refractivity contribution in [3.63, 3.8) is 0 Å². The van der Waals surface area contributed by atoms with E-state index in [4.69, 9.17) is 0 Å². The van der Waals surface area contributed by atoms with Gasteiger partial charge in [0, 0.05) is 30.2 Å². The number of hydrogen-bond acceptors (Lipinski definition) is 3. The van der Waals surface area contributed by atoms with Crippen LogP contribution in [0.15, 0.2) is 35.2 Å². The van der Waals surface area contributed by atoms with E-state index in [9.17, 15) is 22.8 Å². The smallest absolute Gasteiger partial charge is 0.355 e. The van der Waals surface area contributed by atoms with E-state index in [1.165, 1.54) is 0 Å². The predicted octanol–water partition coefficient (Wildman–Crippen LogP) is 2.31. The lowest BCUT2D eigenvalue weighted by molar-refractivity contribution is -0.157. The Morgan fingerprint density at radius 1 is 1.30 bits per heavy atom. The van der Waals surface area contributed by atoms with Crippen molar-refractivity contribution in [1.29, 1.82) is 0 Å². The van der Waals surface area contributed by atoms with Gasteiger partial charge in [-0.2, -0.15) is 13.2 Å². The minimum absolute atomic E-state index is 0.159. The van der Waals surface area contributed by atoms with Crippen molar-refractivity contribution >= 4 is 23.6 Å². The van der Waals surface area contributed by atoms with E-state index in [1.54, 1.807) is 11.8 Å². The monoisotopic (exact) mass is 346 g/mol. The third-order valence-electron chi connectivity index (χ3n) is 3.37. The number of hydrogen-bond donors (Lipinski definition) is 1. The molecule has 2 rings (SSSR count). The Balaban J connectivity index is 1.71. The Labute approximate surface area is 136 Å². The van der Waals surface area contributed by atoms with Crippen LogP contribution in [0.1, 0.15) is 6.42 Å². The van der Waals surface area contributed by atoms with Crippen LogP contribution in [-0.4, -0.2) is 48.3 Å². The molecule has 4 nitrogen and oxygen atoms in total. The maximum Gasteiger partial charge on any atom is 0.406 e. The maximum absolute atomic E-state index is 12.3. The van der Waals surface area contributed by atoms with Gasteiger partial charge in [0.15, 0.2) is 0 Å². The average Bonchev–Trinajstić information content (AvgIpc) is 2.84. The van der Waals surface area contributed by atoms with Gasteiger partial charge in [-0.1, -0.05) is 18.2 Å². The van der Waals surface area contributed by atoms with Crippen LogP contribution in [0.25, 0.3) is 0 Å². The van der Waals surface area contributed by atoms with Crippen LogP contribution >= 0.6 is 11.8 Å². The summed E-state index contributed by atoms with van der Waals surface area (Å²) in [7, 11) is 0. The Morgan fingerprint density at radius 3 is 2.65 bits per heavy atom. The molecular weight excluding hydrogens is 329 g/mol. The van der Waals surface area contributed by atoms with Crippen molar-refractivity contribution in [3.8, 4) is 0 Å². The molecule has 0 aliphatic carbocycles. The van der Waals surface area contributed by atoms with Gasteiger partial charge in [0.1, 0.15) is 6.54 Å². The molecule has 0 unspecified atom stereocenters. The second kappa shape index (κ2) is 7.72. The number of benzene rings is 1. The highest BCUT2D eigenvalue weighted by Crippen LogP contribution is 2.24. The summed E-state index contributed by atoms with van der Waals surface area (Å²) >= 11 is 1.57. The number of carbonyl (C=O) groups is 2. The first-order chi connectivity index (χ1) is 10.8. The molecule has 0 bridgehead atoms. The Morgan fingerprint density at radius 2 is 2.00 bits per heavy atom. The molecule has 0 saturated carbocycles. The van der Waals surface area contributed by atoms with Crippen LogP contribution in [-0.2, 0) is 9.59 Å². The first kappa shape index (κ1) is 17.7. The van der Waals surface area contributed by atoms with Crippen molar-refractivity contribution in [2.45, 2.75) is 17.5 Å². The number of rotatable bonds is 6. The fraction of sp³-hybridized carbons (Fsp3) is 0.467. The van der Waals surface area contributed by atoms with Crippen LogP contribution in [0.4, 0.5) is 13.2 Å². The largest absolute Gasteiger partial charge is 0.406 e. The number of amides is 2. The van der Waals surface area contributed by atoms with Crippen LogP contribution in [0.5, 0.6) is 0 Å². The summed E-state index contributed by atoms with van der Waals surface area (Å²) in [5.41, 5.74) is 0. The summed E-state index contributed by atoms with van der Waals surface area (Å²) < 4.78 is 37.0. The molecule has 1 fully saturated rings. The standard InChI is InChI=1S/C15H17F3N2O2S/c16-15(17,18)10-20-9-11(8-13(20)21)14(22)19-6-7-23-12-4-2-1-3-5-12/h1-5,11H,6-10H2,(H,19,22)/t11-/m0/s1. The minimum Gasteiger partial charge on any atom is -0.355 e. The Kier molecular flexibility index (Phi) is 5.92. The number of nitrogens with one attached hydrogen (secondary N) is 1. The van der Waals surface area contributed by atoms with Crippen molar-refractivity contribution in [1.82, 2.24) is 10.2 Å². The second-order valence-electron chi connectivity index (χ2n) is 5.24. The highest BCUT2D eigenvalue weighted by molar-refractivity contribution is 7.99. The fourth-order valence-corrected chi connectivity index (χ4v) is 3.11. The third kappa shape index (κ3) is 5.78. The Hall–Kier alpha value is -1.70. The quantitative estimate of drug-likeness (QED) is 0.635. The lowest BCUT2D eigenvalue weighted by Crippen LogP contribution is -2.37. The van der Waals surface area contributed by atoms with Crippen molar-refractivity contribution in [3.05, 3.63) is 30.3 Å². The van der Waals surface area contributed by atoms with Gasteiger partial charge in [-0.15, -0.1) is 11.8 Å². The zero-order chi connectivity index (χ0) is 16.9. The molecule has 1 aromatic carbocycles. The number of carbonyl (C=O) groups excluding carboxylic acids is 2. The first-order valence-corrected chi connectivity index (χ1v) is 8.14. The highest BCUT2D eigenvalue weighted by Gasteiger charge is 2.40.